The largest absolute Gasteiger partial charge is 0.383 e. The van der Waals surface area contributed by atoms with Gasteiger partial charge in [-0.1, -0.05) is 17.7 Å². The van der Waals surface area contributed by atoms with Crippen LogP contribution in [0.1, 0.15) is 26.3 Å². The van der Waals surface area contributed by atoms with Crippen molar-refractivity contribution in [1.29, 1.82) is 0 Å². The molecule has 0 amide bonds. The molecule has 4 heteroatoms. The van der Waals surface area contributed by atoms with Crippen molar-refractivity contribution in [1.82, 2.24) is 5.32 Å². The van der Waals surface area contributed by atoms with E-state index in [1.54, 1.807) is 7.11 Å². The van der Waals surface area contributed by atoms with Gasteiger partial charge in [0.15, 0.2) is 0 Å². The van der Waals surface area contributed by atoms with Crippen molar-refractivity contribution in [3.8, 4) is 0 Å². The van der Waals surface area contributed by atoms with E-state index in [1.807, 2.05) is 12.1 Å². The Balaban J connectivity index is 2.88. The molecule has 0 saturated carbocycles. The maximum Gasteiger partial charge on any atom is 0.0637 e. The predicted molar refractivity (Wildman–Crippen MR) is 83.2 cm³/mol. The summed E-state index contributed by atoms with van der Waals surface area (Å²) in [4.78, 5) is 2.18. The van der Waals surface area contributed by atoms with Gasteiger partial charge in [0, 0.05) is 49.1 Å². The lowest BCUT2D eigenvalue weighted by Crippen LogP contribution is -2.35. The summed E-state index contributed by atoms with van der Waals surface area (Å²) < 4.78 is 5.13. The van der Waals surface area contributed by atoms with Crippen LogP contribution in [0, 0.1) is 0 Å². The van der Waals surface area contributed by atoms with Gasteiger partial charge in [-0.2, -0.15) is 0 Å². The number of ether oxygens (including phenoxy) is 1. The van der Waals surface area contributed by atoms with E-state index in [1.165, 1.54) is 0 Å². The molecule has 0 bridgehead atoms. The molecule has 0 aliphatic heterocycles. The van der Waals surface area contributed by atoms with Crippen molar-refractivity contribution in [2.24, 2.45) is 0 Å². The van der Waals surface area contributed by atoms with Crippen molar-refractivity contribution in [3.63, 3.8) is 0 Å². The van der Waals surface area contributed by atoms with Crippen molar-refractivity contribution < 1.29 is 4.74 Å². The van der Waals surface area contributed by atoms with Crippen LogP contribution in [0.2, 0.25) is 5.02 Å². The Morgan fingerprint density at radius 1 is 1.32 bits per heavy atom. The van der Waals surface area contributed by atoms with Gasteiger partial charge in [0.05, 0.1) is 6.61 Å². The molecule has 1 aromatic rings. The molecular formula is C15H25ClN2O. The predicted octanol–water partition coefficient (Wildman–Crippen LogP) is 3.31. The van der Waals surface area contributed by atoms with Crippen LogP contribution in [0.3, 0.4) is 0 Å². The van der Waals surface area contributed by atoms with E-state index in [0.717, 1.165) is 29.4 Å². The van der Waals surface area contributed by atoms with E-state index in [-0.39, 0.29) is 5.54 Å². The fourth-order valence-electron chi connectivity index (χ4n) is 1.78. The molecule has 0 atom stereocenters. The molecule has 0 saturated heterocycles. The van der Waals surface area contributed by atoms with Crippen LogP contribution in [0.25, 0.3) is 0 Å². The molecule has 0 radical (unpaired) electrons. The van der Waals surface area contributed by atoms with E-state index in [0.29, 0.717) is 6.61 Å². The maximum absolute atomic E-state index is 6.34. The lowest BCUT2D eigenvalue weighted by atomic mass is 10.1. The highest BCUT2D eigenvalue weighted by Crippen LogP contribution is 2.27. The van der Waals surface area contributed by atoms with Crippen molar-refractivity contribution in [2.45, 2.75) is 32.9 Å². The van der Waals surface area contributed by atoms with Crippen LogP contribution < -0.4 is 10.2 Å². The molecule has 1 aromatic carbocycles. The molecule has 0 unspecified atom stereocenters. The Bertz CT molecular complexity index is 402. The molecule has 0 aliphatic carbocycles. The van der Waals surface area contributed by atoms with Gasteiger partial charge in [0.25, 0.3) is 0 Å². The molecule has 108 valence electrons. The smallest absolute Gasteiger partial charge is 0.0637 e. The first-order valence-electron chi connectivity index (χ1n) is 6.57. The molecule has 0 heterocycles. The first-order chi connectivity index (χ1) is 8.85. The number of methoxy groups -OCH3 is 1. The van der Waals surface area contributed by atoms with Crippen molar-refractivity contribution in [3.05, 3.63) is 28.8 Å². The van der Waals surface area contributed by atoms with Crippen LogP contribution in [0.4, 0.5) is 5.69 Å². The topological polar surface area (TPSA) is 24.5 Å². The number of rotatable bonds is 6. The standard InChI is InChI=1S/C15H25ClN2O/c1-15(2,3)17-11-12-13(16)7-6-8-14(12)18(4)9-10-19-5/h6-8,17H,9-11H2,1-5H3. The van der Waals surface area contributed by atoms with Gasteiger partial charge in [-0.15, -0.1) is 0 Å². The summed E-state index contributed by atoms with van der Waals surface area (Å²) in [5.41, 5.74) is 2.36. The van der Waals surface area contributed by atoms with Gasteiger partial charge >= 0.3 is 0 Å². The molecule has 3 nitrogen and oxygen atoms in total. The second kappa shape index (κ2) is 7.13. The van der Waals surface area contributed by atoms with Crippen molar-refractivity contribution >= 4 is 17.3 Å². The minimum atomic E-state index is 0.0710. The Kier molecular flexibility index (Phi) is 6.11. The zero-order valence-electron chi connectivity index (χ0n) is 12.6. The Hall–Kier alpha value is -0.770. The van der Waals surface area contributed by atoms with Crippen LogP contribution >= 0.6 is 11.6 Å². The third-order valence-corrected chi connectivity index (χ3v) is 3.29. The summed E-state index contributed by atoms with van der Waals surface area (Å²) >= 11 is 6.34. The molecule has 0 fully saturated rings. The SMILES string of the molecule is COCCN(C)c1cccc(Cl)c1CNC(C)(C)C. The highest BCUT2D eigenvalue weighted by molar-refractivity contribution is 6.31. The van der Waals surface area contributed by atoms with Gasteiger partial charge in [0.1, 0.15) is 0 Å². The maximum atomic E-state index is 6.34. The van der Waals surface area contributed by atoms with Crippen LogP contribution in [-0.4, -0.2) is 32.8 Å². The van der Waals surface area contributed by atoms with Gasteiger partial charge in [-0.3, -0.25) is 0 Å². The first-order valence-corrected chi connectivity index (χ1v) is 6.95. The number of nitrogens with zero attached hydrogens (tertiary/aromatic N) is 1. The van der Waals surface area contributed by atoms with E-state index in [4.69, 9.17) is 16.3 Å². The average molecular weight is 285 g/mol. The fraction of sp³-hybridized carbons (Fsp3) is 0.600. The van der Waals surface area contributed by atoms with E-state index in [9.17, 15) is 0 Å². The second-order valence-corrected chi connectivity index (χ2v) is 6.16. The van der Waals surface area contributed by atoms with Gasteiger partial charge < -0.3 is 15.0 Å². The lowest BCUT2D eigenvalue weighted by Gasteiger charge is -2.26. The third-order valence-electron chi connectivity index (χ3n) is 2.93. The van der Waals surface area contributed by atoms with E-state index in [2.05, 4.69) is 44.1 Å². The van der Waals surface area contributed by atoms with E-state index < -0.39 is 0 Å². The molecule has 0 aromatic heterocycles. The summed E-state index contributed by atoms with van der Waals surface area (Å²) in [6.07, 6.45) is 0. The molecular weight excluding hydrogens is 260 g/mol. The van der Waals surface area contributed by atoms with Gasteiger partial charge in [-0.05, 0) is 32.9 Å². The Labute approximate surface area is 121 Å². The third kappa shape index (κ3) is 5.39. The Morgan fingerprint density at radius 2 is 2.00 bits per heavy atom. The van der Waals surface area contributed by atoms with Gasteiger partial charge in [0.2, 0.25) is 0 Å². The number of halogens is 1. The molecule has 0 aliphatic rings. The highest BCUT2D eigenvalue weighted by Gasteiger charge is 2.14. The second-order valence-electron chi connectivity index (χ2n) is 5.76. The number of likely N-dealkylation sites (N-methyl/N-ethyl adjacent to an activating group) is 1. The number of hydrogen-bond acceptors (Lipinski definition) is 3. The number of benzene rings is 1. The number of nitrogens with one attached hydrogen (secondary N) is 1. The lowest BCUT2D eigenvalue weighted by molar-refractivity contribution is 0.206. The summed E-state index contributed by atoms with van der Waals surface area (Å²) in [7, 11) is 3.78. The monoisotopic (exact) mass is 284 g/mol. The summed E-state index contributed by atoms with van der Waals surface area (Å²) in [6, 6.07) is 6.03. The van der Waals surface area contributed by atoms with Crippen LogP contribution in [0.15, 0.2) is 18.2 Å². The summed E-state index contributed by atoms with van der Waals surface area (Å²) in [5, 5.41) is 4.29. The minimum absolute atomic E-state index is 0.0710. The summed E-state index contributed by atoms with van der Waals surface area (Å²) in [5.74, 6) is 0. The fourth-order valence-corrected chi connectivity index (χ4v) is 2.02. The quantitative estimate of drug-likeness (QED) is 0.867. The van der Waals surface area contributed by atoms with E-state index >= 15 is 0 Å². The zero-order valence-corrected chi connectivity index (χ0v) is 13.3. The molecule has 19 heavy (non-hydrogen) atoms. The average Bonchev–Trinajstić information content (AvgIpc) is 2.33. The van der Waals surface area contributed by atoms with Crippen LogP contribution in [-0.2, 0) is 11.3 Å². The molecule has 1 rings (SSSR count). The van der Waals surface area contributed by atoms with Crippen molar-refractivity contribution in [2.75, 3.05) is 32.2 Å². The summed E-state index contributed by atoms with van der Waals surface area (Å²) in [6.45, 7) is 8.76. The normalized spacial score (nSPS) is 11.7. The highest BCUT2D eigenvalue weighted by atomic mass is 35.5. The molecule has 1 N–H and O–H groups in total. The minimum Gasteiger partial charge on any atom is -0.383 e. The number of anilines is 1. The van der Waals surface area contributed by atoms with Gasteiger partial charge in [-0.25, -0.2) is 0 Å². The molecule has 0 spiro atoms. The number of hydrogen-bond donors (Lipinski definition) is 1. The van der Waals surface area contributed by atoms with Crippen LogP contribution in [0.5, 0.6) is 0 Å². The first kappa shape index (κ1) is 16.3. The Morgan fingerprint density at radius 3 is 2.58 bits per heavy atom. The zero-order chi connectivity index (χ0) is 14.5.